The molecule has 21 heavy (non-hydrogen) atoms. The van der Waals surface area contributed by atoms with Gasteiger partial charge in [-0.05, 0) is 12.8 Å². The van der Waals surface area contributed by atoms with Crippen molar-refractivity contribution in [2.75, 3.05) is 11.9 Å². The van der Waals surface area contributed by atoms with E-state index >= 15 is 0 Å². The lowest BCUT2D eigenvalue weighted by Crippen LogP contribution is -2.45. The second-order valence-corrected chi connectivity index (χ2v) is 4.68. The van der Waals surface area contributed by atoms with Crippen LogP contribution >= 0.6 is 0 Å². The molecule has 6 nitrogen and oxygen atoms in total. The molecule has 1 heterocycles. The van der Waals surface area contributed by atoms with E-state index in [1.54, 1.807) is 5.10 Å². The summed E-state index contributed by atoms with van der Waals surface area (Å²) in [4.78, 5) is 21.5. The Morgan fingerprint density at radius 3 is 2.81 bits per heavy atom. The Labute approximate surface area is 117 Å². The Kier molecular flexibility index (Phi) is 4.61. The Balaban J connectivity index is 2.08. The number of aromatic nitrogens is 2. The van der Waals surface area contributed by atoms with E-state index in [-0.39, 0.29) is 30.9 Å². The first-order valence-electron chi connectivity index (χ1n) is 6.40. The van der Waals surface area contributed by atoms with E-state index in [2.05, 4.69) is 10.4 Å². The van der Waals surface area contributed by atoms with Crippen molar-refractivity contribution in [3.8, 4) is 0 Å². The van der Waals surface area contributed by atoms with Crippen molar-refractivity contribution in [3.63, 3.8) is 0 Å². The number of halogens is 3. The molecule has 2 unspecified atom stereocenters. The lowest BCUT2D eigenvalue weighted by Gasteiger charge is -2.37. The first-order valence-corrected chi connectivity index (χ1v) is 6.40. The number of anilines is 1. The topological polar surface area (TPSA) is 84.1 Å². The largest absolute Gasteiger partial charge is 0.423 e. The molecule has 0 spiro atoms. The monoisotopic (exact) mass is 305 g/mol. The molecule has 116 valence electrons. The van der Waals surface area contributed by atoms with Crippen LogP contribution in [0.4, 0.5) is 18.9 Å². The standard InChI is InChI=1S/C12H14F3N3O3/c13-12(14,15)10-8(6-16-18-11(10)20)17-7-2-3-9(7)21-5-1-4-19/h4,6-7,9H,1-3,5H2,(H2,17,18,20). The summed E-state index contributed by atoms with van der Waals surface area (Å²) in [5, 5.41) is 7.81. The SMILES string of the molecule is O=CCCOC1CCC1Nc1cn[nH]c(=O)c1C(F)(F)F. The molecule has 2 rings (SSSR count). The lowest BCUT2D eigenvalue weighted by molar-refractivity contribution is -0.138. The number of H-pyrrole nitrogens is 1. The third-order valence-electron chi connectivity index (χ3n) is 3.26. The molecule has 2 atom stereocenters. The van der Waals surface area contributed by atoms with Crippen LogP contribution in [0.15, 0.2) is 11.0 Å². The summed E-state index contributed by atoms with van der Waals surface area (Å²) in [6.07, 6.45) is -1.84. The highest BCUT2D eigenvalue weighted by Crippen LogP contribution is 2.34. The van der Waals surface area contributed by atoms with Crippen LogP contribution in [0.25, 0.3) is 0 Å². The lowest BCUT2D eigenvalue weighted by atomic mass is 9.88. The molecule has 2 N–H and O–H groups in total. The van der Waals surface area contributed by atoms with Crippen LogP contribution in [-0.4, -0.2) is 35.2 Å². The molecular formula is C12H14F3N3O3. The van der Waals surface area contributed by atoms with Gasteiger partial charge in [-0.3, -0.25) is 4.79 Å². The van der Waals surface area contributed by atoms with Crippen LogP contribution in [0.1, 0.15) is 24.8 Å². The van der Waals surface area contributed by atoms with Gasteiger partial charge in [0.25, 0.3) is 5.56 Å². The number of alkyl halides is 3. The van der Waals surface area contributed by atoms with E-state index in [0.29, 0.717) is 19.1 Å². The minimum Gasteiger partial charge on any atom is -0.378 e. The van der Waals surface area contributed by atoms with Crippen molar-refractivity contribution in [1.29, 1.82) is 0 Å². The van der Waals surface area contributed by atoms with Crippen molar-refractivity contribution >= 4 is 12.0 Å². The summed E-state index contributed by atoms with van der Waals surface area (Å²) in [5.41, 5.74) is -2.94. The van der Waals surface area contributed by atoms with E-state index in [1.165, 1.54) is 0 Å². The Morgan fingerprint density at radius 2 is 2.24 bits per heavy atom. The molecular weight excluding hydrogens is 291 g/mol. The maximum absolute atomic E-state index is 12.9. The van der Waals surface area contributed by atoms with Crippen molar-refractivity contribution in [2.24, 2.45) is 0 Å². The number of carbonyl (C=O) groups excluding carboxylic acids is 1. The van der Waals surface area contributed by atoms with Crippen molar-refractivity contribution in [1.82, 2.24) is 10.2 Å². The van der Waals surface area contributed by atoms with Gasteiger partial charge in [0.2, 0.25) is 0 Å². The average Bonchev–Trinajstić information content (AvgIpc) is 2.38. The third-order valence-corrected chi connectivity index (χ3v) is 3.26. The predicted molar refractivity (Wildman–Crippen MR) is 66.9 cm³/mol. The summed E-state index contributed by atoms with van der Waals surface area (Å²) < 4.78 is 44.0. The molecule has 1 aliphatic carbocycles. The van der Waals surface area contributed by atoms with Gasteiger partial charge in [-0.25, -0.2) is 5.10 Å². The van der Waals surface area contributed by atoms with Gasteiger partial charge in [-0.2, -0.15) is 18.3 Å². The van der Waals surface area contributed by atoms with Gasteiger partial charge in [-0.15, -0.1) is 0 Å². The van der Waals surface area contributed by atoms with Crippen molar-refractivity contribution < 1.29 is 22.7 Å². The maximum Gasteiger partial charge on any atom is 0.423 e. The molecule has 0 aromatic carbocycles. The Bertz CT molecular complexity index is 559. The Hall–Kier alpha value is -1.90. The number of hydrogen-bond acceptors (Lipinski definition) is 5. The molecule has 1 aliphatic rings. The van der Waals surface area contributed by atoms with Crippen LogP contribution in [-0.2, 0) is 15.7 Å². The molecule has 0 bridgehead atoms. The van der Waals surface area contributed by atoms with Crippen molar-refractivity contribution in [2.45, 2.75) is 37.6 Å². The second-order valence-electron chi connectivity index (χ2n) is 4.68. The summed E-state index contributed by atoms with van der Waals surface area (Å²) in [7, 11) is 0. The van der Waals surface area contributed by atoms with E-state index in [9.17, 15) is 22.8 Å². The fourth-order valence-corrected chi connectivity index (χ4v) is 2.09. The number of carbonyl (C=O) groups is 1. The quantitative estimate of drug-likeness (QED) is 0.612. The molecule has 0 radical (unpaired) electrons. The smallest absolute Gasteiger partial charge is 0.378 e. The Morgan fingerprint density at radius 1 is 1.48 bits per heavy atom. The summed E-state index contributed by atoms with van der Waals surface area (Å²) in [6.45, 7) is 0.228. The number of nitrogens with one attached hydrogen (secondary N) is 2. The minimum atomic E-state index is -4.77. The van der Waals surface area contributed by atoms with Gasteiger partial charge in [0, 0.05) is 6.42 Å². The van der Waals surface area contributed by atoms with Crippen LogP contribution in [0.2, 0.25) is 0 Å². The highest BCUT2D eigenvalue weighted by Gasteiger charge is 2.39. The van der Waals surface area contributed by atoms with Gasteiger partial charge >= 0.3 is 6.18 Å². The highest BCUT2D eigenvalue weighted by atomic mass is 19.4. The van der Waals surface area contributed by atoms with Crippen LogP contribution < -0.4 is 10.9 Å². The van der Waals surface area contributed by atoms with Crippen molar-refractivity contribution in [3.05, 3.63) is 22.1 Å². The summed E-state index contributed by atoms with van der Waals surface area (Å²) >= 11 is 0. The number of hydrogen-bond donors (Lipinski definition) is 2. The van der Waals surface area contributed by atoms with Crippen LogP contribution in [0.5, 0.6) is 0 Å². The van der Waals surface area contributed by atoms with E-state index in [1.807, 2.05) is 0 Å². The molecule has 0 aliphatic heterocycles. The first-order chi connectivity index (χ1) is 9.93. The molecule has 0 amide bonds. The molecule has 1 aromatic rings. The zero-order valence-corrected chi connectivity index (χ0v) is 10.9. The number of aromatic amines is 1. The summed E-state index contributed by atoms with van der Waals surface area (Å²) in [6, 6.07) is -0.332. The van der Waals surface area contributed by atoms with E-state index in [0.717, 1.165) is 6.20 Å². The van der Waals surface area contributed by atoms with E-state index < -0.39 is 17.3 Å². The fourth-order valence-electron chi connectivity index (χ4n) is 2.09. The first kappa shape index (κ1) is 15.5. The van der Waals surface area contributed by atoms with E-state index in [4.69, 9.17) is 4.74 Å². The van der Waals surface area contributed by atoms with Gasteiger partial charge < -0.3 is 14.8 Å². The molecule has 1 aromatic heterocycles. The highest BCUT2D eigenvalue weighted by molar-refractivity contribution is 5.51. The van der Waals surface area contributed by atoms with Gasteiger partial charge in [-0.1, -0.05) is 0 Å². The maximum atomic E-state index is 12.9. The minimum absolute atomic E-state index is 0.228. The average molecular weight is 305 g/mol. The molecule has 1 saturated carbocycles. The van der Waals surface area contributed by atoms with Gasteiger partial charge in [0.15, 0.2) is 0 Å². The predicted octanol–water partition coefficient (Wildman–Crippen LogP) is 1.34. The zero-order valence-electron chi connectivity index (χ0n) is 10.9. The fraction of sp³-hybridized carbons (Fsp3) is 0.583. The molecule has 1 fully saturated rings. The molecule has 9 heteroatoms. The second kappa shape index (κ2) is 6.25. The molecule has 0 saturated heterocycles. The zero-order chi connectivity index (χ0) is 15.5. The van der Waals surface area contributed by atoms with Crippen LogP contribution in [0, 0.1) is 0 Å². The number of nitrogens with zero attached hydrogens (tertiary/aromatic N) is 1. The number of aldehydes is 1. The van der Waals surface area contributed by atoms with Gasteiger partial charge in [0.05, 0.1) is 30.6 Å². The number of ether oxygens (including phenoxy) is 1. The summed E-state index contributed by atoms with van der Waals surface area (Å²) in [5.74, 6) is 0. The van der Waals surface area contributed by atoms with Crippen LogP contribution in [0.3, 0.4) is 0 Å². The normalized spacial score (nSPS) is 21.7. The van der Waals surface area contributed by atoms with Gasteiger partial charge in [0.1, 0.15) is 11.8 Å². The number of rotatable bonds is 6. The third kappa shape index (κ3) is 3.60.